The maximum atomic E-state index is 10.8. The van der Waals surface area contributed by atoms with Crippen molar-refractivity contribution in [2.45, 2.75) is 0 Å². The quantitative estimate of drug-likeness (QED) is 0.942. The van der Waals surface area contributed by atoms with Gasteiger partial charge in [0.05, 0.1) is 10.0 Å². The van der Waals surface area contributed by atoms with Gasteiger partial charge in [-0.25, -0.2) is 4.79 Å². The molecule has 0 unspecified atom stereocenters. The molecule has 0 atom stereocenters. The molecule has 0 amide bonds. The maximum absolute atomic E-state index is 10.8. The van der Waals surface area contributed by atoms with E-state index in [4.69, 9.17) is 9.84 Å². The molecule has 17 heavy (non-hydrogen) atoms. The van der Waals surface area contributed by atoms with E-state index in [0.717, 1.165) is 0 Å². The Hall–Kier alpha value is -1.95. The van der Waals surface area contributed by atoms with E-state index in [1.165, 1.54) is 18.3 Å². The molecule has 5 nitrogen and oxygen atoms in total. The minimum Gasteiger partial charge on any atom is -0.478 e. The molecule has 0 aliphatic heterocycles. The number of hydrogen-bond acceptors (Lipinski definition) is 4. The number of aromatic nitrogens is 2. The molecule has 0 saturated heterocycles. The van der Waals surface area contributed by atoms with Gasteiger partial charge in [0.25, 0.3) is 0 Å². The number of hydrogen-bond donors (Lipinski definition) is 1. The van der Waals surface area contributed by atoms with E-state index < -0.39 is 5.97 Å². The Kier molecular flexibility index (Phi) is 3.34. The predicted molar refractivity (Wildman–Crippen MR) is 63.2 cm³/mol. The molecule has 0 radical (unpaired) electrons. The highest BCUT2D eigenvalue weighted by Gasteiger charge is 2.09. The fourth-order valence-corrected chi connectivity index (χ4v) is 1.50. The Morgan fingerprint density at radius 3 is 2.82 bits per heavy atom. The van der Waals surface area contributed by atoms with Gasteiger partial charge in [0.15, 0.2) is 0 Å². The van der Waals surface area contributed by atoms with Crippen LogP contribution in [0.2, 0.25) is 0 Å². The Balaban J connectivity index is 2.32. The topological polar surface area (TPSA) is 72.3 Å². The highest BCUT2D eigenvalue weighted by atomic mass is 79.9. The lowest BCUT2D eigenvalue weighted by Crippen LogP contribution is -1.97. The highest BCUT2D eigenvalue weighted by Crippen LogP contribution is 2.29. The number of carboxylic acids is 1. The van der Waals surface area contributed by atoms with Crippen molar-refractivity contribution in [3.05, 3.63) is 46.6 Å². The lowest BCUT2D eigenvalue weighted by atomic mass is 10.2. The first kappa shape index (κ1) is 11.5. The standard InChI is InChI=1S/C11H7BrN2O3/c12-8-4-3-7(11(15)16)6-9(8)17-10-2-1-5-13-14-10/h1-6H,(H,15,16). The summed E-state index contributed by atoms with van der Waals surface area (Å²) in [5.41, 5.74) is 0.145. The van der Waals surface area contributed by atoms with E-state index in [2.05, 4.69) is 26.1 Å². The zero-order chi connectivity index (χ0) is 12.3. The molecule has 6 heteroatoms. The van der Waals surface area contributed by atoms with Gasteiger partial charge in [-0.1, -0.05) is 0 Å². The van der Waals surface area contributed by atoms with Crippen molar-refractivity contribution < 1.29 is 14.6 Å². The van der Waals surface area contributed by atoms with Crippen LogP contribution in [0.25, 0.3) is 0 Å². The highest BCUT2D eigenvalue weighted by molar-refractivity contribution is 9.10. The van der Waals surface area contributed by atoms with Crippen molar-refractivity contribution in [3.63, 3.8) is 0 Å². The summed E-state index contributed by atoms with van der Waals surface area (Å²) in [5, 5.41) is 16.3. The number of nitrogens with zero attached hydrogens (tertiary/aromatic N) is 2. The van der Waals surface area contributed by atoms with Gasteiger partial charge in [0, 0.05) is 12.3 Å². The van der Waals surface area contributed by atoms with Crippen LogP contribution in [0.1, 0.15) is 10.4 Å². The third-order valence-corrected chi connectivity index (χ3v) is 2.60. The maximum Gasteiger partial charge on any atom is 0.335 e. The Bertz CT molecular complexity index is 546. The molecule has 0 bridgehead atoms. The fourth-order valence-electron chi connectivity index (χ4n) is 1.17. The Morgan fingerprint density at radius 2 is 2.18 bits per heavy atom. The van der Waals surface area contributed by atoms with E-state index in [-0.39, 0.29) is 5.56 Å². The molecule has 0 aliphatic rings. The molecular weight excluding hydrogens is 288 g/mol. The van der Waals surface area contributed by atoms with Crippen LogP contribution in [-0.2, 0) is 0 Å². The number of ether oxygens (including phenoxy) is 1. The van der Waals surface area contributed by atoms with E-state index >= 15 is 0 Å². The second kappa shape index (κ2) is 4.92. The summed E-state index contributed by atoms with van der Waals surface area (Å²) in [4.78, 5) is 10.8. The molecule has 1 aromatic heterocycles. The summed E-state index contributed by atoms with van der Waals surface area (Å²) in [7, 11) is 0. The van der Waals surface area contributed by atoms with Gasteiger partial charge < -0.3 is 9.84 Å². The molecule has 0 saturated carbocycles. The smallest absolute Gasteiger partial charge is 0.335 e. The summed E-state index contributed by atoms with van der Waals surface area (Å²) in [6.07, 6.45) is 1.52. The van der Waals surface area contributed by atoms with Gasteiger partial charge in [-0.05, 0) is 40.2 Å². The minimum absolute atomic E-state index is 0.145. The Labute approximate surface area is 105 Å². The molecule has 0 spiro atoms. The number of carbonyl (C=O) groups is 1. The third kappa shape index (κ3) is 2.79. The number of aromatic carboxylic acids is 1. The van der Waals surface area contributed by atoms with E-state index in [1.807, 2.05) is 0 Å². The molecule has 0 aliphatic carbocycles. The molecule has 2 aromatic rings. The molecule has 0 fully saturated rings. The van der Waals surface area contributed by atoms with Crippen molar-refractivity contribution >= 4 is 21.9 Å². The van der Waals surface area contributed by atoms with Gasteiger partial charge in [-0.2, -0.15) is 5.10 Å². The van der Waals surface area contributed by atoms with E-state index in [9.17, 15) is 4.79 Å². The van der Waals surface area contributed by atoms with Crippen molar-refractivity contribution in [1.29, 1.82) is 0 Å². The van der Waals surface area contributed by atoms with Crippen molar-refractivity contribution in [3.8, 4) is 11.6 Å². The second-order valence-electron chi connectivity index (χ2n) is 3.11. The lowest BCUT2D eigenvalue weighted by molar-refractivity contribution is 0.0696. The average molecular weight is 295 g/mol. The average Bonchev–Trinajstić information content (AvgIpc) is 2.33. The zero-order valence-electron chi connectivity index (χ0n) is 8.50. The fraction of sp³-hybridized carbons (Fsp3) is 0. The van der Waals surface area contributed by atoms with Gasteiger partial charge in [0.2, 0.25) is 5.88 Å². The van der Waals surface area contributed by atoms with Crippen molar-refractivity contribution in [1.82, 2.24) is 10.2 Å². The summed E-state index contributed by atoms with van der Waals surface area (Å²) in [6, 6.07) is 7.82. The second-order valence-corrected chi connectivity index (χ2v) is 3.97. The Morgan fingerprint density at radius 1 is 1.35 bits per heavy atom. The first-order valence-corrected chi connectivity index (χ1v) is 5.44. The summed E-state index contributed by atoms with van der Waals surface area (Å²) in [6.45, 7) is 0. The van der Waals surface area contributed by atoms with Crippen LogP contribution in [0, 0.1) is 0 Å². The first-order chi connectivity index (χ1) is 8.16. The van der Waals surface area contributed by atoms with Gasteiger partial charge in [-0.15, -0.1) is 5.10 Å². The SMILES string of the molecule is O=C(O)c1ccc(Br)c(Oc2cccnn2)c1. The monoisotopic (exact) mass is 294 g/mol. The summed E-state index contributed by atoms with van der Waals surface area (Å²) < 4.78 is 6.06. The van der Waals surface area contributed by atoms with Crippen LogP contribution in [-0.4, -0.2) is 21.3 Å². The molecule has 1 aromatic carbocycles. The normalized spacial score (nSPS) is 9.94. The largest absolute Gasteiger partial charge is 0.478 e. The molecular formula is C11H7BrN2O3. The van der Waals surface area contributed by atoms with Crippen molar-refractivity contribution in [2.24, 2.45) is 0 Å². The van der Waals surface area contributed by atoms with Crippen LogP contribution in [0.15, 0.2) is 41.0 Å². The van der Waals surface area contributed by atoms with Crippen LogP contribution < -0.4 is 4.74 Å². The zero-order valence-corrected chi connectivity index (χ0v) is 10.1. The van der Waals surface area contributed by atoms with Crippen LogP contribution in [0.3, 0.4) is 0 Å². The van der Waals surface area contributed by atoms with E-state index in [1.54, 1.807) is 18.2 Å². The number of benzene rings is 1. The first-order valence-electron chi connectivity index (χ1n) is 4.65. The lowest BCUT2D eigenvalue weighted by Gasteiger charge is -2.06. The molecule has 2 rings (SSSR count). The predicted octanol–water partition coefficient (Wildman–Crippen LogP) is 2.73. The molecule has 1 N–H and O–H groups in total. The summed E-state index contributed by atoms with van der Waals surface area (Å²) in [5.74, 6) is -0.331. The van der Waals surface area contributed by atoms with Crippen LogP contribution >= 0.6 is 15.9 Å². The molecule has 1 heterocycles. The van der Waals surface area contributed by atoms with Gasteiger partial charge >= 0.3 is 5.97 Å². The minimum atomic E-state index is -1.01. The summed E-state index contributed by atoms with van der Waals surface area (Å²) >= 11 is 3.27. The molecule has 86 valence electrons. The van der Waals surface area contributed by atoms with E-state index in [0.29, 0.717) is 16.1 Å². The number of halogens is 1. The van der Waals surface area contributed by atoms with Gasteiger partial charge in [-0.3, -0.25) is 0 Å². The third-order valence-electron chi connectivity index (χ3n) is 1.94. The van der Waals surface area contributed by atoms with Crippen molar-refractivity contribution in [2.75, 3.05) is 0 Å². The number of rotatable bonds is 3. The van der Waals surface area contributed by atoms with Gasteiger partial charge in [0.1, 0.15) is 5.75 Å². The number of carboxylic acid groups (broad SMARTS) is 1. The van der Waals surface area contributed by atoms with Crippen LogP contribution in [0.4, 0.5) is 0 Å². The van der Waals surface area contributed by atoms with Crippen LogP contribution in [0.5, 0.6) is 11.6 Å².